The Morgan fingerprint density at radius 1 is 1.55 bits per heavy atom. The van der Waals surface area contributed by atoms with Crippen molar-refractivity contribution in [2.24, 2.45) is 0 Å². The van der Waals surface area contributed by atoms with Gasteiger partial charge in [-0.15, -0.1) is 0 Å². The first-order chi connectivity index (χ1) is 9.69. The molecule has 0 aliphatic rings. The van der Waals surface area contributed by atoms with Crippen LogP contribution in [0.25, 0.3) is 0 Å². The van der Waals surface area contributed by atoms with Crippen molar-refractivity contribution in [3.8, 4) is 5.75 Å². The molecule has 0 bridgehead atoms. The predicted octanol–water partition coefficient (Wildman–Crippen LogP) is 1.52. The molecular formula is C12H15N5O2S. The predicted molar refractivity (Wildman–Crippen MR) is 77.8 cm³/mol. The Labute approximate surface area is 120 Å². The summed E-state index contributed by atoms with van der Waals surface area (Å²) in [4.78, 5) is 15.8. The minimum absolute atomic E-state index is 0.0971. The number of H-pyrrole nitrogens is 1. The molecule has 0 saturated heterocycles. The number of hydrogen-bond acceptors (Lipinski definition) is 6. The van der Waals surface area contributed by atoms with Crippen LogP contribution in [0.1, 0.15) is 6.42 Å². The average Bonchev–Trinajstić information content (AvgIpc) is 2.94. The zero-order chi connectivity index (χ0) is 14.4. The van der Waals surface area contributed by atoms with Gasteiger partial charge >= 0.3 is 0 Å². The maximum Gasteiger partial charge on any atom is 0.225 e. The molecular weight excluding hydrogens is 278 g/mol. The van der Waals surface area contributed by atoms with Gasteiger partial charge in [-0.25, -0.2) is 4.98 Å². The number of carbonyl (C=O) groups is 1. The fourth-order valence-corrected chi connectivity index (χ4v) is 2.25. The Balaban J connectivity index is 1.85. The molecule has 0 radical (unpaired) electrons. The topological polar surface area (TPSA) is 106 Å². The summed E-state index contributed by atoms with van der Waals surface area (Å²) in [6, 6.07) is 5.09. The van der Waals surface area contributed by atoms with E-state index < -0.39 is 0 Å². The van der Waals surface area contributed by atoms with Crippen molar-refractivity contribution in [2.45, 2.75) is 11.6 Å². The van der Waals surface area contributed by atoms with Crippen LogP contribution in [0.5, 0.6) is 5.75 Å². The monoisotopic (exact) mass is 293 g/mol. The van der Waals surface area contributed by atoms with Crippen molar-refractivity contribution < 1.29 is 9.53 Å². The Kier molecular flexibility index (Phi) is 4.83. The molecule has 2 rings (SSSR count). The first-order valence-electron chi connectivity index (χ1n) is 5.90. The molecule has 7 nitrogen and oxygen atoms in total. The van der Waals surface area contributed by atoms with E-state index in [1.165, 1.54) is 25.2 Å². The third kappa shape index (κ3) is 3.89. The van der Waals surface area contributed by atoms with E-state index in [4.69, 9.17) is 10.5 Å². The number of nitrogens with zero attached hydrogens (tertiary/aromatic N) is 2. The van der Waals surface area contributed by atoms with Crippen molar-refractivity contribution in [3.05, 3.63) is 24.5 Å². The van der Waals surface area contributed by atoms with Gasteiger partial charge in [0.05, 0.1) is 12.8 Å². The Bertz CT molecular complexity index is 573. The average molecular weight is 293 g/mol. The van der Waals surface area contributed by atoms with Crippen molar-refractivity contribution >= 4 is 29.0 Å². The molecule has 0 aliphatic heterocycles. The SMILES string of the molecule is COc1cc(N)ccc1NC(=O)CCSc1ncn[nH]1. The lowest BCUT2D eigenvalue weighted by atomic mass is 10.2. The summed E-state index contributed by atoms with van der Waals surface area (Å²) in [5.74, 6) is 1.06. The quantitative estimate of drug-likeness (QED) is 0.550. The number of nitrogen functional groups attached to an aromatic ring is 1. The standard InChI is InChI=1S/C12H15N5O2S/c1-19-10-6-8(13)2-3-9(10)16-11(18)4-5-20-12-14-7-15-17-12/h2-3,6-7H,4-5,13H2,1H3,(H,16,18)(H,14,15,17). The van der Waals surface area contributed by atoms with E-state index in [-0.39, 0.29) is 5.91 Å². The second-order valence-corrected chi connectivity index (χ2v) is 4.98. The molecule has 4 N–H and O–H groups in total. The Morgan fingerprint density at radius 3 is 3.10 bits per heavy atom. The fraction of sp³-hybridized carbons (Fsp3) is 0.250. The molecule has 0 fully saturated rings. The zero-order valence-corrected chi connectivity index (χ0v) is 11.7. The van der Waals surface area contributed by atoms with E-state index in [2.05, 4.69) is 20.5 Å². The highest BCUT2D eigenvalue weighted by Crippen LogP contribution is 2.26. The Morgan fingerprint density at radius 2 is 2.40 bits per heavy atom. The lowest BCUT2D eigenvalue weighted by Gasteiger charge is -2.10. The number of nitrogens with one attached hydrogen (secondary N) is 2. The largest absolute Gasteiger partial charge is 0.494 e. The highest BCUT2D eigenvalue weighted by molar-refractivity contribution is 7.99. The smallest absolute Gasteiger partial charge is 0.225 e. The van der Waals surface area contributed by atoms with Crippen LogP contribution in [0.2, 0.25) is 0 Å². The summed E-state index contributed by atoms with van der Waals surface area (Å²) in [5, 5.41) is 9.94. The summed E-state index contributed by atoms with van der Waals surface area (Å²) < 4.78 is 5.17. The number of carbonyl (C=O) groups excluding carboxylic acids is 1. The number of aromatic amines is 1. The lowest BCUT2D eigenvalue weighted by molar-refractivity contribution is -0.115. The minimum atomic E-state index is -0.0971. The fourth-order valence-electron chi connectivity index (χ4n) is 1.53. The number of rotatable bonds is 6. The van der Waals surface area contributed by atoms with Gasteiger partial charge in [-0.2, -0.15) is 5.10 Å². The van der Waals surface area contributed by atoms with Crippen LogP contribution in [0, 0.1) is 0 Å². The number of aromatic nitrogens is 3. The van der Waals surface area contributed by atoms with Gasteiger partial charge in [-0.3, -0.25) is 9.89 Å². The van der Waals surface area contributed by atoms with Crippen molar-refractivity contribution in [3.63, 3.8) is 0 Å². The van der Waals surface area contributed by atoms with E-state index in [1.807, 2.05) is 0 Å². The van der Waals surface area contributed by atoms with Gasteiger partial charge in [-0.05, 0) is 12.1 Å². The number of thioether (sulfide) groups is 1. The molecule has 1 amide bonds. The van der Waals surface area contributed by atoms with Gasteiger partial charge in [0.1, 0.15) is 12.1 Å². The molecule has 0 saturated carbocycles. The number of amides is 1. The first kappa shape index (κ1) is 14.2. The van der Waals surface area contributed by atoms with Gasteiger partial charge in [0.25, 0.3) is 0 Å². The van der Waals surface area contributed by atoms with Crippen LogP contribution in [-0.2, 0) is 4.79 Å². The van der Waals surface area contributed by atoms with Gasteiger partial charge < -0.3 is 15.8 Å². The number of benzene rings is 1. The number of anilines is 2. The number of methoxy groups -OCH3 is 1. The lowest BCUT2D eigenvalue weighted by Crippen LogP contribution is -2.13. The summed E-state index contributed by atoms with van der Waals surface area (Å²) in [6.07, 6.45) is 1.79. The molecule has 1 heterocycles. The highest BCUT2D eigenvalue weighted by atomic mass is 32.2. The molecule has 2 aromatic rings. The number of nitrogens with two attached hydrogens (primary N) is 1. The molecule has 0 spiro atoms. The summed E-state index contributed by atoms with van der Waals surface area (Å²) in [7, 11) is 1.53. The third-order valence-electron chi connectivity index (χ3n) is 2.46. The van der Waals surface area contributed by atoms with Gasteiger partial charge in [0.15, 0.2) is 5.16 Å². The summed E-state index contributed by atoms with van der Waals surface area (Å²) >= 11 is 1.44. The third-order valence-corrected chi connectivity index (χ3v) is 3.34. The maximum atomic E-state index is 11.8. The van der Waals surface area contributed by atoms with Gasteiger partial charge in [0.2, 0.25) is 5.91 Å². The molecule has 1 aromatic heterocycles. The van der Waals surface area contributed by atoms with E-state index in [0.29, 0.717) is 34.5 Å². The number of hydrogen-bond donors (Lipinski definition) is 3. The van der Waals surface area contributed by atoms with Crippen LogP contribution in [0.15, 0.2) is 29.7 Å². The highest BCUT2D eigenvalue weighted by Gasteiger charge is 2.08. The molecule has 20 heavy (non-hydrogen) atoms. The minimum Gasteiger partial charge on any atom is -0.494 e. The van der Waals surface area contributed by atoms with E-state index in [1.54, 1.807) is 18.2 Å². The van der Waals surface area contributed by atoms with Crippen LogP contribution < -0.4 is 15.8 Å². The van der Waals surface area contributed by atoms with Crippen molar-refractivity contribution in [1.29, 1.82) is 0 Å². The number of ether oxygens (including phenoxy) is 1. The van der Waals surface area contributed by atoms with Crippen LogP contribution >= 0.6 is 11.8 Å². The molecule has 8 heteroatoms. The summed E-state index contributed by atoms with van der Waals surface area (Å²) in [5.41, 5.74) is 6.85. The van der Waals surface area contributed by atoms with Gasteiger partial charge in [-0.1, -0.05) is 11.8 Å². The molecule has 106 valence electrons. The van der Waals surface area contributed by atoms with E-state index in [0.717, 1.165) is 0 Å². The van der Waals surface area contributed by atoms with Crippen molar-refractivity contribution in [1.82, 2.24) is 15.2 Å². The molecule has 1 aromatic carbocycles. The van der Waals surface area contributed by atoms with Crippen LogP contribution in [-0.4, -0.2) is 34.0 Å². The molecule has 0 aliphatic carbocycles. The zero-order valence-electron chi connectivity index (χ0n) is 10.9. The van der Waals surface area contributed by atoms with E-state index >= 15 is 0 Å². The van der Waals surface area contributed by atoms with Crippen molar-refractivity contribution in [2.75, 3.05) is 23.9 Å². The first-order valence-corrected chi connectivity index (χ1v) is 6.89. The second kappa shape index (κ2) is 6.80. The molecule has 0 atom stereocenters. The van der Waals surface area contributed by atoms with Gasteiger partial charge in [0, 0.05) is 23.9 Å². The van der Waals surface area contributed by atoms with E-state index in [9.17, 15) is 4.79 Å². The normalized spacial score (nSPS) is 10.2. The van der Waals surface area contributed by atoms with Crippen LogP contribution in [0.4, 0.5) is 11.4 Å². The summed E-state index contributed by atoms with van der Waals surface area (Å²) in [6.45, 7) is 0. The van der Waals surface area contributed by atoms with Crippen LogP contribution in [0.3, 0.4) is 0 Å². The second-order valence-electron chi connectivity index (χ2n) is 3.90. The Hall–Kier alpha value is -2.22. The molecule has 0 unspecified atom stereocenters. The maximum absolute atomic E-state index is 11.8.